The van der Waals surface area contributed by atoms with Crippen molar-refractivity contribution in [1.82, 2.24) is 14.5 Å². The molecule has 3 rings (SSSR count). The SMILES string of the molecule is Cc1cc(S(=O)(=O)N2CCN(C(=O)C3COCCN3)CC2)c(C)s1.Cl. The molecule has 10 heteroatoms. The maximum atomic E-state index is 12.8. The number of carbonyl (C=O) groups excluding carboxylic acids is 1. The number of sulfonamides is 1. The molecule has 0 bridgehead atoms. The van der Waals surface area contributed by atoms with Crippen LogP contribution in [0.4, 0.5) is 0 Å². The summed E-state index contributed by atoms with van der Waals surface area (Å²) in [6.45, 7) is 6.90. The molecule has 1 unspecified atom stereocenters. The third-order valence-electron chi connectivity index (χ3n) is 4.38. The van der Waals surface area contributed by atoms with Crippen molar-refractivity contribution in [3.63, 3.8) is 0 Å². The second-order valence-corrected chi connectivity index (χ2v) is 9.46. The van der Waals surface area contributed by atoms with Crippen LogP contribution in [0.1, 0.15) is 9.75 Å². The smallest absolute Gasteiger partial charge is 0.244 e. The highest BCUT2D eigenvalue weighted by atomic mass is 35.5. The summed E-state index contributed by atoms with van der Waals surface area (Å²) >= 11 is 1.49. The van der Waals surface area contributed by atoms with E-state index in [2.05, 4.69) is 5.32 Å². The third kappa shape index (κ3) is 4.35. The van der Waals surface area contributed by atoms with Crippen LogP contribution in [0.3, 0.4) is 0 Å². The van der Waals surface area contributed by atoms with Crippen LogP contribution in [0.15, 0.2) is 11.0 Å². The Morgan fingerprint density at radius 2 is 1.96 bits per heavy atom. The van der Waals surface area contributed by atoms with Crippen LogP contribution in [0, 0.1) is 13.8 Å². The van der Waals surface area contributed by atoms with E-state index in [1.165, 1.54) is 15.6 Å². The van der Waals surface area contributed by atoms with Gasteiger partial charge in [0.25, 0.3) is 0 Å². The first-order chi connectivity index (χ1) is 11.4. The normalized spacial score (nSPS) is 22.5. The highest BCUT2D eigenvalue weighted by Gasteiger charge is 2.34. The fourth-order valence-corrected chi connectivity index (χ4v) is 6.04. The van der Waals surface area contributed by atoms with Gasteiger partial charge < -0.3 is 15.0 Å². The van der Waals surface area contributed by atoms with Gasteiger partial charge in [-0.1, -0.05) is 0 Å². The summed E-state index contributed by atoms with van der Waals surface area (Å²) in [7, 11) is -3.48. The maximum Gasteiger partial charge on any atom is 0.244 e. The van der Waals surface area contributed by atoms with Crippen LogP contribution in [-0.2, 0) is 19.6 Å². The van der Waals surface area contributed by atoms with Crippen LogP contribution >= 0.6 is 23.7 Å². The Morgan fingerprint density at radius 1 is 1.28 bits per heavy atom. The van der Waals surface area contributed by atoms with E-state index in [0.717, 1.165) is 9.75 Å². The average Bonchev–Trinajstić information content (AvgIpc) is 2.94. The molecule has 3 heterocycles. The molecule has 0 spiro atoms. The summed E-state index contributed by atoms with van der Waals surface area (Å²) in [6, 6.07) is 1.42. The molecule has 2 fully saturated rings. The molecule has 0 aliphatic carbocycles. The maximum absolute atomic E-state index is 12.8. The minimum absolute atomic E-state index is 0. The van der Waals surface area contributed by atoms with Crippen LogP contribution in [0.2, 0.25) is 0 Å². The largest absolute Gasteiger partial charge is 0.378 e. The molecule has 1 N–H and O–H groups in total. The second kappa shape index (κ2) is 8.32. The van der Waals surface area contributed by atoms with Crippen LogP contribution < -0.4 is 5.32 Å². The van der Waals surface area contributed by atoms with Crippen molar-refractivity contribution in [3.05, 3.63) is 15.8 Å². The van der Waals surface area contributed by atoms with Crippen molar-refractivity contribution < 1.29 is 17.9 Å². The van der Waals surface area contributed by atoms with E-state index < -0.39 is 10.0 Å². The molecule has 0 aromatic carbocycles. The molecule has 1 atom stereocenters. The lowest BCUT2D eigenvalue weighted by Gasteiger charge is -2.36. The monoisotopic (exact) mass is 409 g/mol. The highest BCUT2D eigenvalue weighted by molar-refractivity contribution is 7.89. The van der Waals surface area contributed by atoms with Crippen molar-refractivity contribution in [1.29, 1.82) is 0 Å². The Morgan fingerprint density at radius 3 is 2.48 bits per heavy atom. The van der Waals surface area contributed by atoms with E-state index in [1.54, 1.807) is 11.0 Å². The quantitative estimate of drug-likeness (QED) is 0.791. The molecule has 2 aliphatic rings. The number of carbonyl (C=O) groups is 1. The fourth-order valence-electron chi connectivity index (χ4n) is 3.10. The average molecular weight is 410 g/mol. The molecule has 2 aliphatic heterocycles. The van der Waals surface area contributed by atoms with Crippen molar-refractivity contribution in [3.8, 4) is 0 Å². The Labute approximate surface area is 158 Å². The van der Waals surface area contributed by atoms with E-state index in [-0.39, 0.29) is 24.4 Å². The molecular formula is C15H24ClN3O4S2. The number of rotatable bonds is 3. The molecule has 0 saturated carbocycles. The van der Waals surface area contributed by atoms with E-state index in [4.69, 9.17) is 4.74 Å². The van der Waals surface area contributed by atoms with Crippen molar-refractivity contribution in [2.75, 3.05) is 45.9 Å². The second-order valence-electron chi connectivity index (χ2n) is 6.09. The molecule has 142 valence electrons. The van der Waals surface area contributed by atoms with Gasteiger partial charge in [0.15, 0.2) is 0 Å². The summed E-state index contributed by atoms with van der Waals surface area (Å²) in [6.07, 6.45) is 0. The number of hydrogen-bond acceptors (Lipinski definition) is 6. The summed E-state index contributed by atoms with van der Waals surface area (Å²) in [4.78, 5) is 16.4. The molecule has 0 radical (unpaired) electrons. The highest BCUT2D eigenvalue weighted by Crippen LogP contribution is 2.28. The predicted molar refractivity (Wildman–Crippen MR) is 99.0 cm³/mol. The van der Waals surface area contributed by atoms with Gasteiger partial charge in [-0.2, -0.15) is 4.31 Å². The summed E-state index contributed by atoms with van der Waals surface area (Å²) in [5, 5.41) is 3.15. The van der Waals surface area contributed by atoms with Gasteiger partial charge in [-0.3, -0.25) is 4.79 Å². The third-order valence-corrected chi connectivity index (χ3v) is 7.50. The number of thiophene rings is 1. The molecule has 7 nitrogen and oxygen atoms in total. The van der Waals surface area contributed by atoms with E-state index in [0.29, 0.717) is 50.8 Å². The van der Waals surface area contributed by atoms with Gasteiger partial charge in [0.05, 0.1) is 18.1 Å². The number of nitrogens with zero attached hydrogens (tertiary/aromatic N) is 2. The lowest BCUT2D eigenvalue weighted by molar-refractivity contribution is -0.137. The number of morpholine rings is 1. The first-order valence-electron chi connectivity index (χ1n) is 8.06. The number of ether oxygens (including phenoxy) is 1. The molecule has 2 saturated heterocycles. The number of nitrogens with one attached hydrogen (secondary N) is 1. The lowest BCUT2D eigenvalue weighted by atomic mass is 10.2. The van der Waals surface area contributed by atoms with Crippen molar-refractivity contribution >= 4 is 39.7 Å². The Balaban J connectivity index is 0.00000225. The first-order valence-corrected chi connectivity index (χ1v) is 10.3. The Kier molecular flexibility index (Phi) is 6.86. The van der Waals surface area contributed by atoms with E-state index >= 15 is 0 Å². The van der Waals surface area contributed by atoms with E-state index in [1.807, 2.05) is 13.8 Å². The number of halogens is 1. The minimum atomic E-state index is -3.48. The lowest BCUT2D eigenvalue weighted by Crippen LogP contribution is -2.57. The topological polar surface area (TPSA) is 79.0 Å². The van der Waals surface area contributed by atoms with Gasteiger partial charge in [-0.15, -0.1) is 23.7 Å². The first kappa shape index (κ1) is 20.6. The van der Waals surface area contributed by atoms with Gasteiger partial charge in [-0.25, -0.2) is 8.42 Å². The number of piperazine rings is 1. The summed E-state index contributed by atoms with van der Waals surface area (Å²) in [5.41, 5.74) is 0. The molecule has 1 aromatic rings. The van der Waals surface area contributed by atoms with Crippen LogP contribution in [0.5, 0.6) is 0 Å². The Hall–Kier alpha value is -0.710. The minimum Gasteiger partial charge on any atom is -0.378 e. The van der Waals surface area contributed by atoms with Gasteiger partial charge in [-0.05, 0) is 19.9 Å². The summed E-state index contributed by atoms with van der Waals surface area (Å²) < 4.78 is 32.4. The zero-order valence-corrected chi connectivity index (χ0v) is 16.8. The van der Waals surface area contributed by atoms with Gasteiger partial charge in [0.2, 0.25) is 15.9 Å². The number of amides is 1. The number of hydrogen-bond donors (Lipinski definition) is 1. The molecular weight excluding hydrogens is 386 g/mol. The van der Waals surface area contributed by atoms with Crippen molar-refractivity contribution in [2.45, 2.75) is 24.8 Å². The zero-order chi connectivity index (χ0) is 17.3. The Bertz CT molecular complexity index is 708. The zero-order valence-electron chi connectivity index (χ0n) is 14.4. The van der Waals surface area contributed by atoms with Gasteiger partial charge in [0, 0.05) is 42.5 Å². The summed E-state index contributed by atoms with van der Waals surface area (Å²) in [5.74, 6) is -0.00527. The predicted octanol–water partition coefficient (Wildman–Crippen LogP) is 0.608. The van der Waals surface area contributed by atoms with E-state index in [9.17, 15) is 13.2 Å². The van der Waals surface area contributed by atoms with Crippen molar-refractivity contribution in [2.24, 2.45) is 0 Å². The number of aryl methyl sites for hydroxylation is 2. The van der Waals surface area contributed by atoms with Gasteiger partial charge in [0.1, 0.15) is 6.04 Å². The van der Waals surface area contributed by atoms with Crippen LogP contribution in [0.25, 0.3) is 0 Å². The fraction of sp³-hybridized carbons (Fsp3) is 0.667. The molecule has 1 aromatic heterocycles. The molecule has 25 heavy (non-hydrogen) atoms. The van der Waals surface area contributed by atoms with Crippen LogP contribution in [-0.4, -0.2) is 75.5 Å². The molecule has 1 amide bonds. The standard InChI is InChI=1S/C15H23N3O4S2.ClH/c1-11-9-14(12(2)23-11)24(20,21)18-6-4-17(5-7-18)15(19)13-10-22-8-3-16-13;/h9,13,16H,3-8,10H2,1-2H3;1H. The van der Waals surface area contributed by atoms with Gasteiger partial charge >= 0.3 is 0 Å².